The van der Waals surface area contributed by atoms with Gasteiger partial charge < -0.3 is 5.11 Å². The standard InChI is InChI=1S/C8H16O3P/c1-3-8(2)12(10)11-7-5-4-6-9/h9H,2-7H2,1H3/q+1. The molecular formula is C8H16O3P+. The first-order valence-corrected chi connectivity index (χ1v) is 5.29. The largest absolute Gasteiger partial charge is 0.543 e. The summed E-state index contributed by atoms with van der Waals surface area (Å²) in [6, 6.07) is 0. The lowest BCUT2D eigenvalue weighted by atomic mass is 10.3. The molecule has 0 aromatic carbocycles. The van der Waals surface area contributed by atoms with Crippen molar-refractivity contribution in [2.45, 2.75) is 26.2 Å². The molecule has 0 bridgehead atoms. The van der Waals surface area contributed by atoms with Crippen molar-refractivity contribution in [3.8, 4) is 0 Å². The van der Waals surface area contributed by atoms with E-state index >= 15 is 0 Å². The predicted octanol–water partition coefficient (Wildman–Crippen LogP) is 2.44. The lowest BCUT2D eigenvalue weighted by molar-refractivity contribution is 0.258. The molecule has 0 radical (unpaired) electrons. The average Bonchev–Trinajstić information content (AvgIpc) is 2.10. The second-order valence-electron chi connectivity index (χ2n) is 2.44. The van der Waals surface area contributed by atoms with Gasteiger partial charge in [0.2, 0.25) is 0 Å². The van der Waals surface area contributed by atoms with Crippen molar-refractivity contribution in [3.05, 3.63) is 11.9 Å². The number of rotatable bonds is 7. The topological polar surface area (TPSA) is 46.5 Å². The van der Waals surface area contributed by atoms with E-state index in [0.717, 1.165) is 6.42 Å². The van der Waals surface area contributed by atoms with E-state index in [1.165, 1.54) is 0 Å². The lowest BCUT2D eigenvalue weighted by Gasteiger charge is -1.91. The van der Waals surface area contributed by atoms with Crippen molar-refractivity contribution in [2.75, 3.05) is 13.2 Å². The van der Waals surface area contributed by atoms with Gasteiger partial charge in [-0.25, -0.2) is 0 Å². The molecule has 0 aliphatic heterocycles. The van der Waals surface area contributed by atoms with Gasteiger partial charge >= 0.3 is 8.03 Å². The van der Waals surface area contributed by atoms with Crippen LogP contribution in [0.25, 0.3) is 0 Å². The average molecular weight is 191 g/mol. The fourth-order valence-electron chi connectivity index (χ4n) is 0.582. The smallest absolute Gasteiger partial charge is 0.396 e. The maximum absolute atomic E-state index is 11.1. The van der Waals surface area contributed by atoms with Gasteiger partial charge in [-0.3, -0.25) is 0 Å². The molecule has 0 saturated heterocycles. The summed E-state index contributed by atoms with van der Waals surface area (Å²) in [5.41, 5.74) is 0. The second-order valence-corrected chi connectivity index (χ2v) is 3.85. The first kappa shape index (κ1) is 11.8. The number of aliphatic hydroxyl groups is 1. The zero-order valence-corrected chi connectivity index (χ0v) is 8.35. The van der Waals surface area contributed by atoms with Crippen LogP contribution in [-0.4, -0.2) is 18.3 Å². The van der Waals surface area contributed by atoms with Gasteiger partial charge in [-0.2, -0.15) is 0 Å². The molecule has 0 spiro atoms. The summed E-state index contributed by atoms with van der Waals surface area (Å²) < 4.78 is 16.1. The molecule has 0 fully saturated rings. The van der Waals surface area contributed by atoms with Crippen LogP contribution in [0.3, 0.4) is 0 Å². The molecule has 3 nitrogen and oxygen atoms in total. The number of unbranched alkanes of at least 4 members (excludes halogenated alkanes) is 1. The van der Waals surface area contributed by atoms with Crippen molar-refractivity contribution >= 4 is 8.03 Å². The number of hydrogen-bond donors (Lipinski definition) is 1. The summed E-state index contributed by atoms with van der Waals surface area (Å²) >= 11 is 0. The Kier molecular flexibility index (Phi) is 7.26. The molecule has 0 aliphatic rings. The quantitative estimate of drug-likeness (QED) is 0.496. The van der Waals surface area contributed by atoms with E-state index in [-0.39, 0.29) is 6.61 Å². The minimum Gasteiger partial charge on any atom is -0.396 e. The van der Waals surface area contributed by atoms with Gasteiger partial charge in [0.05, 0.1) is 0 Å². The number of hydrogen-bond acceptors (Lipinski definition) is 3. The lowest BCUT2D eigenvalue weighted by Crippen LogP contribution is -1.90. The summed E-state index contributed by atoms with van der Waals surface area (Å²) in [5.74, 6) is 0. The molecule has 0 aliphatic carbocycles. The van der Waals surface area contributed by atoms with Crippen molar-refractivity contribution in [1.82, 2.24) is 0 Å². The van der Waals surface area contributed by atoms with Crippen LogP contribution in [0.5, 0.6) is 0 Å². The molecular weight excluding hydrogens is 175 g/mol. The van der Waals surface area contributed by atoms with Gasteiger partial charge in [0.15, 0.2) is 5.31 Å². The van der Waals surface area contributed by atoms with Gasteiger partial charge in [0.25, 0.3) is 0 Å². The fourth-order valence-corrected chi connectivity index (χ4v) is 1.32. The first-order valence-electron chi connectivity index (χ1n) is 4.11. The Hall–Kier alpha value is -0.240. The Labute approximate surface area is 74.3 Å². The molecule has 1 N–H and O–H groups in total. The summed E-state index contributed by atoms with van der Waals surface area (Å²) in [7, 11) is -1.68. The highest BCUT2D eigenvalue weighted by Gasteiger charge is 2.20. The zero-order chi connectivity index (χ0) is 9.40. The molecule has 0 heterocycles. The van der Waals surface area contributed by atoms with Crippen molar-refractivity contribution in [1.29, 1.82) is 0 Å². The van der Waals surface area contributed by atoms with Crippen molar-refractivity contribution in [3.63, 3.8) is 0 Å². The Morgan fingerprint density at radius 2 is 2.25 bits per heavy atom. The second kappa shape index (κ2) is 7.41. The summed E-state index contributed by atoms with van der Waals surface area (Å²) in [5, 5.41) is 9.09. The van der Waals surface area contributed by atoms with Gasteiger partial charge in [0.1, 0.15) is 6.61 Å². The van der Waals surface area contributed by atoms with Gasteiger partial charge in [-0.1, -0.05) is 6.92 Å². The van der Waals surface area contributed by atoms with E-state index in [1.54, 1.807) is 0 Å². The highest BCUT2D eigenvalue weighted by Crippen LogP contribution is 2.33. The molecule has 4 heteroatoms. The Morgan fingerprint density at radius 1 is 1.58 bits per heavy atom. The monoisotopic (exact) mass is 191 g/mol. The highest BCUT2D eigenvalue weighted by atomic mass is 31.1. The summed E-state index contributed by atoms with van der Waals surface area (Å²) in [4.78, 5) is 0. The molecule has 0 aromatic rings. The van der Waals surface area contributed by atoms with Crippen LogP contribution in [-0.2, 0) is 9.09 Å². The SMILES string of the molecule is C=C(CC)[P+](=O)OCCCCO. The summed E-state index contributed by atoms with van der Waals surface area (Å²) in [6.07, 6.45) is 2.13. The highest BCUT2D eigenvalue weighted by molar-refractivity contribution is 7.44. The van der Waals surface area contributed by atoms with Crippen LogP contribution < -0.4 is 0 Å². The van der Waals surface area contributed by atoms with E-state index in [1.807, 2.05) is 6.92 Å². The molecule has 0 aromatic heterocycles. The van der Waals surface area contributed by atoms with E-state index in [2.05, 4.69) is 6.58 Å². The number of aliphatic hydroxyl groups excluding tert-OH is 1. The maximum Gasteiger partial charge on any atom is 0.543 e. The van der Waals surface area contributed by atoms with Crippen LogP contribution in [0.2, 0.25) is 0 Å². The maximum atomic E-state index is 11.1. The van der Waals surface area contributed by atoms with Crippen LogP contribution in [0.1, 0.15) is 26.2 Å². The Morgan fingerprint density at radius 3 is 2.75 bits per heavy atom. The van der Waals surface area contributed by atoms with Gasteiger partial charge in [-0.15, -0.1) is 4.52 Å². The normalized spacial score (nSPS) is 11.3. The number of allylic oxidation sites excluding steroid dienone is 1. The zero-order valence-electron chi connectivity index (χ0n) is 7.45. The van der Waals surface area contributed by atoms with E-state index in [9.17, 15) is 4.57 Å². The molecule has 0 amide bonds. The Balaban J connectivity index is 3.38. The van der Waals surface area contributed by atoms with Crippen LogP contribution in [0, 0.1) is 0 Å². The molecule has 12 heavy (non-hydrogen) atoms. The molecule has 0 saturated carbocycles. The van der Waals surface area contributed by atoms with Gasteiger partial charge in [-0.05, 0) is 24.0 Å². The first-order chi connectivity index (χ1) is 5.72. The van der Waals surface area contributed by atoms with E-state index in [4.69, 9.17) is 9.63 Å². The Bertz CT molecular complexity index is 156. The molecule has 70 valence electrons. The minimum absolute atomic E-state index is 0.162. The van der Waals surface area contributed by atoms with E-state index in [0.29, 0.717) is 24.8 Å². The van der Waals surface area contributed by atoms with Crippen LogP contribution >= 0.6 is 8.03 Å². The van der Waals surface area contributed by atoms with Crippen molar-refractivity contribution in [2.24, 2.45) is 0 Å². The van der Waals surface area contributed by atoms with Crippen LogP contribution in [0.15, 0.2) is 11.9 Å². The third kappa shape index (κ3) is 5.42. The van der Waals surface area contributed by atoms with Gasteiger partial charge in [0, 0.05) is 13.0 Å². The third-order valence-electron chi connectivity index (χ3n) is 1.43. The molecule has 0 rings (SSSR count). The molecule has 1 atom stereocenters. The predicted molar refractivity (Wildman–Crippen MR) is 49.3 cm³/mol. The van der Waals surface area contributed by atoms with Crippen LogP contribution in [0.4, 0.5) is 0 Å². The molecule has 1 unspecified atom stereocenters. The summed E-state index contributed by atoms with van der Waals surface area (Å²) in [6.45, 7) is 6.11. The fraction of sp³-hybridized carbons (Fsp3) is 0.750. The third-order valence-corrected chi connectivity index (χ3v) is 2.68. The van der Waals surface area contributed by atoms with Crippen molar-refractivity contribution < 1.29 is 14.2 Å². The minimum atomic E-state index is -1.68. The van der Waals surface area contributed by atoms with E-state index < -0.39 is 8.03 Å².